The number of benzene rings is 1. The summed E-state index contributed by atoms with van der Waals surface area (Å²) in [5.41, 5.74) is 1.52. The van der Waals surface area contributed by atoms with Gasteiger partial charge in [-0.1, -0.05) is 17.7 Å². The molecule has 0 fully saturated rings. The lowest BCUT2D eigenvalue weighted by Gasteiger charge is -2.17. The third kappa shape index (κ3) is 3.45. The van der Waals surface area contributed by atoms with Gasteiger partial charge >= 0.3 is 5.97 Å². The topological polar surface area (TPSA) is 51.2 Å². The maximum absolute atomic E-state index is 11.8. The molecule has 1 N–H and O–H groups in total. The van der Waals surface area contributed by atoms with Gasteiger partial charge < -0.3 is 10.1 Å². The monoisotopic (exact) mass is 276 g/mol. The number of nitrogens with zero attached hydrogens (tertiary/aromatic N) is 1. The zero-order chi connectivity index (χ0) is 13.7. The number of nitrogens with one attached hydrogen (secondary N) is 1. The maximum Gasteiger partial charge on any atom is 0.333 e. The van der Waals surface area contributed by atoms with E-state index in [2.05, 4.69) is 10.3 Å². The molecular formula is C14H13ClN2O2. The molecule has 0 aliphatic rings. The molecule has 1 atom stereocenters. The van der Waals surface area contributed by atoms with Gasteiger partial charge in [-0.25, -0.2) is 4.79 Å². The van der Waals surface area contributed by atoms with Crippen molar-refractivity contribution in [3.63, 3.8) is 0 Å². The Morgan fingerprint density at radius 2 is 2.05 bits per heavy atom. The normalized spacial score (nSPS) is 11.7. The van der Waals surface area contributed by atoms with Crippen molar-refractivity contribution >= 4 is 23.3 Å². The van der Waals surface area contributed by atoms with Gasteiger partial charge in [-0.05, 0) is 30.3 Å². The summed E-state index contributed by atoms with van der Waals surface area (Å²) in [6.07, 6.45) is 3.28. The average Bonchev–Trinajstić information content (AvgIpc) is 2.47. The van der Waals surface area contributed by atoms with Crippen LogP contribution in [0.4, 0.5) is 5.69 Å². The first-order valence-electron chi connectivity index (χ1n) is 5.70. The quantitative estimate of drug-likeness (QED) is 0.872. The second-order valence-electron chi connectivity index (χ2n) is 3.89. The molecule has 5 heteroatoms. The van der Waals surface area contributed by atoms with E-state index in [1.807, 2.05) is 6.07 Å². The van der Waals surface area contributed by atoms with E-state index in [1.165, 1.54) is 7.11 Å². The number of halogens is 1. The van der Waals surface area contributed by atoms with Crippen LogP contribution in [-0.2, 0) is 9.53 Å². The number of pyridine rings is 1. The molecule has 1 unspecified atom stereocenters. The number of carbonyl (C=O) groups excluding carboxylic acids is 1. The lowest BCUT2D eigenvalue weighted by Crippen LogP contribution is -2.22. The summed E-state index contributed by atoms with van der Waals surface area (Å²) < 4.78 is 4.81. The van der Waals surface area contributed by atoms with Crippen LogP contribution in [0, 0.1) is 0 Å². The molecule has 0 bridgehead atoms. The lowest BCUT2D eigenvalue weighted by molar-refractivity contribution is -0.141. The number of esters is 1. The Bertz CT molecular complexity index is 543. The van der Waals surface area contributed by atoms with Gasteiger partial charge in [0.15, 0.2) is 6.04 Å². The largest absolute Gasteiger partial charge is 0.467 e. The summed E-state index contributed by atoms with van der Waals surface area (Å²) >= 11 is 5.83. The zero-order valence-electron chi connectivity index (χ0n) is 10.3. The maximum atomic E-state index is 11.8. The van der Waals surface area contributed by atoms with Crippen molar-refractivity contribution in [1.29, 1.82) is 0 Å². The fourth-order valence-electron chi connectivity index (χ4n) is 1.66. The number of carbonyl (C=O) groups is 1. The molecule has 0 aliphatic heterocycles. The molecule has 2 aromatic rings. The van der Waals surface area contributed by atoms with Crippen LogP contribution >= 0.6 is 11.6 Å². The van der Waals surface area contributed by atoms with Crippen LogP contribution in [0.1, 0.15) is 11.6 Å². The van der Waals surface area contributed by atoms with Crippen LogP contribution in [-0.4, -0.2) is 18.1 Å². The van der Waals surface area contributed by atoms with Gasteiger partial charge in [-0.15, -0.1) is 0 Å². The van der Waals surface area contributed by atoms with Gasteiger partial charge in [0.25, 0.3) is 0 Å². The van der Waals surface area contributed by atoms with E-state index in [9.17, 15) is 4.79 Å². The summed E-state index contributed by atoms with van der Waals surface area (Å²) in [6.45, 7) is 0. The van der Waals surface area contributed by atoms with E-state index >= 15 is 0 Å². The zero-order valence-corrected chi connectivity index (χ0v) is 11.1. The number of anilines is 1. The van der Waals surface area contributed by atoms with E-state index in [-0.39, 0.29) is 5.97 Å². The molecule has 1 aromatic heterocycles. The SMILES string of the molecule is COC(=O)C(Nc1ccc(Cl)cc1)c1cccnc1. The molecule has 0 saturated carbocycles. The van der Waals surface area contributed by atoms with E-state index in [4.69, 9.17) is 16.3 Å². The molecule has 4 nitrogen and oxygen atoms in total. The number of methoxy groups -OCH3 is 1. The van der Waals surface area contributed by atoms with Crippen LogP contribution in [0.15, 0.2) is 48.8 Å². The van der Waals surface area contributed by atoms with E-state index in [0.717, 1.165) is 11.3 Å². The molecule has 0 amide bonds. The van der Waals surface area contributed by atoms with Crippen molar-refractivity contribution in [3.8, 4) is 0 Å². The molecule has 19 heavy (non-hydrogen) atoms. The Morgan fingerprint density at radius 1 is 1.32 bits per heavy atom. The molecule has 0 spiro atoms. The van der Waals surface area contributed by atoms with Gasteiger partial charge in [-0.3, -0.25) is 4.98 Å². The fourth-order valence-corrected chi connectivity index (χ4v) is 1.78. The van der Waals surface area contributed by atoms with Crippen LogP contribution in [0.5, 0.6) is 0 Å². The lowest BCUT2D eigenvalue weighted by atomic mass is 10.1. The summed E-state index contributed by atoms with van der Waals surface area (Å²) in [7, 11) is 1.36. The van der Waals surface area contributed by atoms with E-state index in [0.29, 0.717) is 5.02 Å². The summed E-state index contributed by atoms with van der Waals surface area (Å²) in [4.78, 5) is 15.9. The van der Waals surface area contributed by atoms with Crippen molar-refractivity contribution in [2.24, 2.45) is 0 Å². The number of aromatic nitrogens is 1. The molecular weight excluding hydrogens is 264 g/mol. The average molecular weight is 277 g/mol. The summed E-state index contributed by atoms with van der Waals surface area (Å²) in [6, 6.07) is 10.1. The molecule has 1 aromatic carbocycles. The minimum Gasteiger partial charge on any atom is -0.467 e. The highest BCUT2D eigenvalue weighted by Crippen LogP contribution is 2.21. The first kappa shape index (κ1) is 13.4. The Hall–Kier alpha value is -2.07. The van der Waals surface area contributed by atoms with Gasteiger partial charge in [0.05, 0.1) is 7.11 Å². The standard InChI is InChI=1S/C14H13ClN2O2/c1-19-14(18)13(10-3-2-8-16-9-10)17-12-6-4-11(15)5-7-12/h2-9,13,17H,1H3. The van der Waals surface area contributed by atoms with Crippen LogP contribution in [0.25, 0.3) is 0 Å². The van der Waals surface area contributed by atoms with Gasteiger partial charge in [0, 0.05) is 28.7 Å². The third-order valence-corrected chi connectivity index (χ3v) is 2.86. The first-order valence-corrected chi connectivity index (χ1v) is 6.08. The fraction of sp³-hybridized carbons (Fsp3) is 0.143. The predicted octanol–water partition coefficient (Wildman–Crippen LogP) is 3.06. The van der Waals surface area contributed by atoms with Gasteiger partial charge in [0.1, 0.15) is 0 Å². The molecule has 0 saturated heterocycles. The summed E-state index contributed by atoms with van der Waals surface area (Å²) in [5.74, 6) is -0.372. The number of ether oxygens (including phenoxy) is 1. The minimum absolute atomic E-state index is 0.372. The van der Waals surface area contributed by atoms with Gasteiger partial charge in [0.2, 0.25) is 0 Å². The Kier molecular flexibility index (Phi) is 4.36. The highest BCUT2D eigenvalue weighted by molar-refractivity contribution is 6.30. The highest BCUT2D eigenvalue weighted by Gasteiger charge is 2.21. The predicted molar refractivity (Wildman–Crippen MR) is 74.1 cm³/mol. The van der Waals surface area contributed by atoms with Crippen molar-refractivity contribution in [2.45, 2.75) is 6.04 Å². The minimum atomic E-state index is -0.597. The third-order valence-electron chi connectivity index (χ3n) is 2.61. The molecule has 1 heterocycles. The number of rotatable bonds is 4. The Labute approximate surface area is 116 Å². The van der Waals surface area contributed by atoms with E-state index < -0.39 is 6.04 Å². The Morgan fingerprint density at radius 3 is 2.63 bits per heavy atom. The van der Waals surface area contributed by atoms with Gasteiger partial charge in [-0.2, -0.15) is 0 Å². The highest BCUT2D eigenvalue weighted by atomic mass is 35.5. The van der Waals surface area contributed by atoms with Crippen molar-refractivity contribution in [3.05, 3.63) is 59.4 Å². The van der Waals surface area contributed by atoms with E-state index in [1.54, 1.807) is 42.7 Å². The second kappa shape index (κ2) is 6.20. The molecule has 2 rings (SSSR count). The number of hydrogen-bond acceptors (Lipinski definition) is 4. The van der Waals surface area contributed by atoms with Crippen LogP contribution < -0.4 is 5.32 Å². The van der Waals surface area contributed by atoms with Crippen molar-refractivity contribution in [1.82, 2.24) is 4.98 Å². The first-order chi connectivity index (χ1) is 9.20. The summed E-state index contributed by atoms with van der Waals surface area (Å²) in [5, 5.41) is 3.74. The molecule has 0 radical (unpaired) electrons. The molecule has 98 valence electrons. The second-order valence-corrected chi connectivity index (χ2v) is 4.33. The molecule has 0 aliphatic carbocycles. The van der Waals surface area contributed by atoms with Crippen LogP contribution in [0.2, 0.25) is 5.02 Å². The smallest absolute Gasteiger partial charge is 0.333 e. The van der Waals surface area contributed by atoms with Crippen molar-refractivity contribution in [2.75, 3.05) is 12.4 Å². The number of hydrogen-bond donors (Lipinski definition) is 1. The van der Waals surface area contributed by atoms with Crippen molar-refractivity contribution < 1.29 is 9.53 Å². The van der Waals surface area contributed by atoms with Crippen LogP contribution in [0.3, 0.4) is 0 Å². The Balaban J connectivity index is 2.24.